The van der Waals surface area contributed by atoms with Gasteiger partial charge >= 0.3 is 6.18 Å². The van der Waals surface area contributed by atoms with Gasteiger partial charge in [-0.15, -0.1) is 0 Å². The van der Waals surface area contributed by atoms with Crippen molar-refractivity contribution >= 4 is 0 Å². The van der Waals surface area contributed by atoms with Crippen LogP contribution in [0, 0.1) is 6.92 Å². The van der Waals surface area contributed by atoms with E-state index in [1.165, 1.54) is 12.1 Å². The number of hydrogen-bond acceptors (Lipinski definition) is 4. The van der Waals surface area contributed by atoms with Crippen LogP contribution in [-0.4, -0.2) is 31.0 Å². The number of alkyl halides is 3. The highest BCUT2D eigenvalue weighted by Crippen LogP contribution is 2.30. The van der Waals surface area contributed by atoms with Crippen molar-refractivity contribution in [2.75, 3.05) is 19.8 Å². The summed E-state index contributed by atoms with van der Waals surface area (Å²) < 4.78 is 53.7. The molecule has 0 aromatic heterocycles. The predicted octanol–water partition coefficient (Wildman–Crippen LogP) is 4.23. The number of aliphatic hydroxyl groups is 1. The molecule has 2 rings (SSSR count). The summed E-state index contributed by atoms with van der Waals surface area (Å²) in [6, 6.07) is 9.62. The fraction of sp³-hybridized carbons (Fsp3) is 0.368. The van der Waals surface area contributed by atoms with Crippen LogP contribution in [0.2, 0.25) is 0 Å². The molecule has 0 heterocycles. The van der Waals surface area contributed by atoms with Crippen molar-refractivity contribution in [3.05, 3.63) is 53.6 Å². The first-order chi connectivity index (χ1) is 12.3. The molecule has 26 heavy (non-hydrogen) atoms. The maximum absolute atomic E-state index is 12.5. The van der Waals surface area contributed by atoms with Crippen LogP contribution in [0.25, 0.3) is 0 Å². The van der Waals surface area contributed by atoms with Crippen LogP contribution in [-0.2, 0) is 6.18 Å². The molecule has 1 unspecified atom stereocenters. The molecule has 7 heteroatoms. The molecule has 0 bridgehead atoms. The van der Waals surface area contributed by atoms with Crippen LogP contribution in [0.4, 0.5) is 13.2 Å². The predicted molar refractivity (Wildman–Crippen MR) is 90.8 cm³/mol. The maximum Gasteiger partial charge on any atom is 0.416 e. The Hall–Kier alpha value is -2.41. The minimum Gasteiger partial charge on any atom is -0.494 e. The monoisotopic (exact) mass is 370 g/mol. The van der Waals surface area contributed by atoms with Gasteiger partial charge < -0.3 is 19.3 Å². The van der Waals surface area contributed by atoms with Crippen molar-refractivity contribution in [3.8, 4) is 17.2 Å². The number of rotatable bonds is 8. The Bertz CT molecular complexity index is 699. The summed E-state index contributed by atoms with van der Waals surface area (Å²) in [6.45, 7) is 4.26. The SMILES string of the molecule is CCOc1ccc(OCC(O)COc2ccc(C(F)(F)F)cc2)cc1C. The van der Waals surface area contributed by atoms with E-state index in [2.05, 4.69) is 0 Å². The Morgan fingerprint density at radius 1 is 0.923 bits per heavy atom. The van der Waals surface area contributed by atoms with Crippen LogP contribution in [0.5, 0.6) is 17.2 Å². The number of aliphatic hydroxyl groups excluding tert-OH is 1. The molecule has 0 aliphatic carbocycles. The van der Waals surface area contributed by atoms with E-state index in [1.54, 1.807) is 18.2 Å². The molecule has 0 saturated heterocycles. The van der Waals surface area contributed by atoms with E-state index in [-0.39, 0.29) is 19.0 Å². The van der Waals surface area contributed by atoms with Gasteiger partial charge in [0.2, 0.25) is 0 Å². The fourth-order valence-electron chi connectivity index (χ4n) is 2.20. The number of aryl methyl sites for hydroxylation is 1. The van der Waals surface area contributed by atoms with Gasteiger partial charge in [0.1, 0.15) is 36.6 Å². The van der Waals surface area contributed by atoms with Crippen molar-refractivity contribution in [2.45, 2.75) is 26.1 Å². The lowest BCUT2D eigenvalue weighted by Gasteiger charge is -2.15. The third kappa shape index (κ3) is 5.84. The highest BCUT2D eigenvalue weighted by atomic mass is 19.4. The molecule has 2 aromatic rings. The zero-order valence-electron chi connectivity index (χ0n) is 14.5. The van der Waals surface area contributed by atoms with Gasteiger partial charge in [-0.2, -0.15) is 13.2 Å². The Morgan fingerprint density at radius 3 is 2.04 bits per heavy atom. The molecule has 0 saturated carbocycles. The van der Waals surface area contributed by atoms with Gasteiger partial charge in [-0.05, 0) is 61.9 Å². The van der Waals surface area contributed by atoms with Crippen LogP contribution in [0.1, 0.15) is 18.1 Å². The van der Waals surface area contributed by atoms with Gasteiger partial charge in [-0.1, -0.05) is 0 Å². The lowest BCUT2D eigenvalue weighted by atomic mass is 10.2. The van der Waals surface area contributed by atoms with Crippen molar-refractivity contribution in [1.82, 2.24) is 0 Å². The highest BCUT2D eigenvalue weighted by Gasteiger charge is 2.30. The summed E-state index contributed by atoms with van der Waals surface area (Å²) >= 11 is 0. The maximum atomic E-state index is 12.5. The lowest BCUT2D eigenvalue weighted by molar-refractivity contribution is -0.137. The zero-order chi connectivity index (χ0) is 19.2. The standard InChI is InChI=1S/C19H21F3O4/c1-3-24-18-9-8-17(10-13(18)2)26-12-15(23)11-25-16-6-4-14(5-7-16)19(20,21)22/h4-10,15,23H,3,11-12H2,1-2H3. The summed E-state index contributed by atoms with van der Waals surface area (Å²) in [6.07, 6.45) is -5.31. The molecule has 0 amide bonds. The molecule has 1 N–H and O–H groups in total. The van der Waals surface area contributed by atoms with E-state index >= 15 is 0 Å². The van der Waals surface area contributed by atoms with Crippen LogP contribution in [0.3, 0.4) is 0 Å². The Kier molecular flexibility index (Phi) is 6.74. The van der Waals surface area contributed by atoms with E-state index in [4.69, 9.17) is 14.2 Å². The Labute approximate surface area is 150 Å². The Balaban J connectivity index is 1.80. The smallest absolute Gasteiger partial charge is 0.416 e. The van der Waals surface area contributed by atoms with E-state index in [0.717, 1.165) is 23.4 Å². The molecule has 0 aliphatic rings. The molecule has 0 spiro atoms. The minimum absolute atomic E-state index is 0.00590. The molecular formula is C19H21F3O4. The van der Waals surface area contributed by atoms with Crippen LogP contribution in [0.15, 0.2) is 42.5 Å². The van der Waals surface area contributed by atoms with E-state index in [9.17, 15) is 18.3 Å². The normalized spacial score (nSPS) is 12.5. The molecule has 142 valence electrons. The van der Waals surface area contributed by atoms with Crippen molar-refractivity contribution in [1.29, 1.82) is 0 Å². The van der Waals surface area contributed by atoms with Crippen LogP contribution < -0.4 is 14.2 Å². The average Bonchev–Trinajstić information content (AvgIpc) is 2.60. The average molecular weight is 370 g/mol. The van der Waals surface area contributed by atoms with E-state index in [0.29, 0.717) is 12.4 Å². The fourth-order valence-corrected chi connectivity index (χ4v) is 2.20. The first kappa shape index (κ1) is 19.9. The third-order valence-electron chi connectivity index (χ3n) is 3.51. The molecule has 2 aromatic carbocycles. The van der Waals surface area contributed by atoms with Gasteiger partial charge in [0, 0.05) is 0 Å². The van der Waals surface area contributed by atoms with E-state index < -0.39 is 17.8 Å². The van der Waals surface area contributed by atoms with Gasteiger partial charge in [0.05, 0.1) is 12.2 Å². The lowest BCUT2D eigenvalue weighted by Crippen LogP contribution is -2.25. The summed E-state index contributed by atoms with van der Waals surface area (Å²) in [5, 5.41) is 9.91. The minimum atomic E-state index is -4.39. The molecule has 0 radical (unpaired) electrons. The second-order valence-corrected chi connectivity index (χ2v) is 5.66. The molecular weight excluding hydrogens is 349 g/mol. The van der Waals surface area contributed by atoms with Gasteiger partial charge in [0.25, 0.3) is 0 Å². The van der Waals surface area contributed by atoms with Crippen molar-refractivity contribution in [3.63, 3.8) is 0 Å². The number of ether oxygens (including phenoxy) is 3. The summed E-state index contributed by atoms with van der Waals surface area (Å²) in [5.41, 5.74) is 0.166. The molecule has 0 aliphatic heterocycles. The quantitative estimate of drug-likeness (QED) is 0.755. The highest BCUT2D eigenvalue weighted by molar-refractivity contribution is 5.39. The number of benzene rings is 2. The van der Waals surface area contributed by atoms with Gasteiger partial charge in [0.15, 0.2) is 0 Å². The second kappa shape index (κ2) is 8.80. The number of hydrogen-bond donors (Lipinski definition) is 1. The third-order valence-corrected chi connectivity index (χ3v) is 3.51. The van der Waals surface area contributed by atoms with Crippen LogP contribution >= 0.6 is 0 Å². The first-order valence-electron chi connectivity index (χ1n) is 8.14. The summed E-state index contributed by atoms with van der Waals surface area (Å²) in [4.78, 5) is 0. The molecule has 4 nitrogen and oxygen atoms in total. The molecule has 0 fully saturated rings. The zero-order valence-corrected chi connectivity index (χ0v) is 14.5. The van der Waals surface area contributed by atoms with Crippen molar-refractivity contribution < 1.29 is 32.5 Å². The van der Waals surface area contributed by atoms with Gasteiger partial charge in [-0.3, -0.25) is 0 Å². The number of halogens is 3. The second-order valence-electron chi connectivity index (χ2n) is 5.66. The van der Waals surface area contributed by atoms with E-state index in [1.807, 2.05) is 13.8 Å². The summed E-state index contributed by atoms with van der Waals surface area (Å²) in [7, 11) is 0. The van der Waals surface area contributed by atoms with Crippen molar-refractivity contribution in [2.24, 2.45) is 0 Å². The topological polar surface area (TPSA) is 47.9 Å². The first-order valence-corrected chi connectivity index (χ1v) is 8.14. The van der Waals surface area contributed by atoms with Gasteiger partial charge in [-0.25, -0.2) is 0 Å². The summed E-state index contributed by atoms with van der Waals surface area (Å²) in [5.74, 6) is 1.60. The molecule has 1 atom stereocenters. The largest absolute Gasteiger partial charge is 0.494 e. The Morgan fingerprint density at radius 2 is 1.50 bits per heavy atom.